The Kier molecular flexibility index (Phi) is 3.76. The molecule has 6 heteroatoms. The molecule has 0 spiro atoms. The van der Waals surface area contributed by atoms with Crippen molar-refractivity contribution in [2.75, 3.05) is 20.3 Å². The van der Waals surface area contributed by atoms with E-state index in [0.29, 0.717) is 19.6 Å². The first-order chi connectivity index (χ1) is 8.61. The summed E-state index contributed by atoms with van der Waals surface area (Å²) in [5.41, 5.74) is -0.595. The van der Waals surface area contributed by atoms with Crippen LogP contribution in [0.2, 0.25) is 0 Å². The zero-order valence-electron chi connectivity index (χ0n) is 9.83. The Balaban J connectivity index is 2.18. The van der Waals surface area contributed by atoms with Gasteiger partial charge < -0.3 is 14.8 Å². The molecule has 2 rings (SSSR count). The number of carbonyl (C=O) groups is 1. The number of hydrogen-bond donors (Lipinski definition) is 1. The molecule has 1 amide bonds. The molecule has 0 aromatic heterocycles. The van der Waals surface area contributed by atoms with Crippen LogP contribution in [0.15, 0.2) is 12.1 Å². The Hall–Kier alpha value is -1.69. The number of amides is 1. The van der Waals surface area contributed by atoms with Crippen LogP contribution in [0, 0.1) is 11.6 Å². The quantitative estimate of drug-likeness (QED) is 0.892. The summed E-state index contributed by atoms with van der Waals surface area (Å²) >= 11 is 0. The average Bonchev–Trinajstić information content (AvgIpc) is 2.80. The summed E-state index contributed by atoms with van der Waals surface area (Å²) in [7, 11) is 1.30. The minimum absolute atomic E-state index is 0.0331. The topological polar surface area (TPSA) is 47.6 Å². The highest BCUT2D eigenvalue weighted by Crippen LogP contribution is 2.20. The molecule has 1 aromatic rings. The van der Waals surface area contributed by atoms with Crippen LogP contribution in [-0.4, -0.2) is 32.3 Å². The van der Waals surface area contributed by atoms with Crippen LogP contribution in [0.3, 0.4) is 0 Å². The van der Waals surface area contributed by atoms with Gasteiger partial charge in [0.15, 0.2) is 0 Å². The minimum atomic E-state index is -0.941. The number of hydrogen-bond acceptors (Lipinski definition) is 3. The van der Waals surface area contributed by atoms with Gasteiger partial charge in [-0.1, -0.05) is 0 Å². The van der Waals surface area contributed by atoms with Gasteiger partial charge in [-0.25, -0.2) is 8.78 Å². The van der Waals surface area contributed by atoms with E-state index in [4.69, 9.17) is 9.47 Å². The molecule has 4 nitrogen and oxygen atoms in total. The molecule has 1 N–H and O–H groups in total. The summed E-state index contributed by atoms with van der Waals surface area (Å²) in [6.45, 7) is 0.906. The molecule has 1 saturated heterocycles. The van der Waals surface area contributed by atoms with Crippen molar-refractivity contribution in [1.82, 2.24) is 5.32 Å². The number of ether oxygens (including phenoxy) is 2. The average molecular weight is 257 g/mol. The van der Waals surface area contributed by atoms with Crippen LogP contribution >= 0.6 is 0 Å². The van der Waals surface area contributed by atoms with Gasteiger partial charge in [-0.05, 0) is 6.42 Å². The van der Waals surface area contributed by atoms with Crippen molar-refractivity contribution in [3.8, 4) is 5.75 Å². The van der Waals surface area contributed by atoms with Gasteiger partial charge >= 0.3 is 0 Å². The van der Waals surface area contributed by atoms with Crippen molar-refractivity contribution in [3.63, 3.8) is 0 Å². The first kappa shape index (κ1) is 12.8. The largest absolute Gasteiger partial charge is 0.497 e. The molecule has 1 fully saturated rings. The van der Waals surface area contributed by atoms with E-state index < -0.39 is 23.1 Å². The number of carbonyl (C=O) groups excluding carboxylic acids is 1. The monoisotopic (exact) mass is 257 g/mol. The summed E-state index contributed by atoms with van der Waals surface area (Å²) in [6, 6.07) is 1.75. The maximum atomic E-state index is 13.6. The van der Waals surface area contributed by atoms with Gasteiger partial charge in [-0.3, -0.25) is 4.79 Å². The Morgan fingerprint density at radius 1 is 1.44 bits per heavy atom. The predicted octanol–water partition coefficient (Wildman–Crippen LogP) is 1.49. The zero-order chi connectivity index (χ0) is 13.1. The summed E-state index contributed by atoms with van der Waals surface area (Å²) in [5.74, 6) is -2.62. The minimum Gasteiger partial charge on any atom is -0.497 e. The number of benzene rings is 1. The number of nitrogens with one attached hydrogen (secondary N) is 1. The Bertz CT molecular complexity index is 436. The van der Waals surface area contributed by atoms with Crippen molar-refractivity contribution in [2.45, 2.75) is 12.5 Å². The van der Waals surface area contributed by atoms with Gasteiger partial charge in [0.05, 0.1) is 19.8 Å². The number of methoxy groups -OCH3 is 1. The highest BCUT2D eigenvalue weighted by molar-refractivity contribution is 5.95. The van der Waals surface area contributed by atoms with Crippen molar-refractivity contribution in [1.29, 1.82) is 0 Å². The maximum Gasteiger partial charge on any atom is 0.257 e. The van der Waals surface area contributed by atoms with Crippen molar-refractivity contribution in [2.24, 2.45) is 0 Å². The molecule has 1 unspecified atom stereocenters. The van der Waals surface area contributed by atoms with Crippen LogP contribution in [0.4, 0.5) is 8.78 Å². The molecule has 18 heavy (non-hydrogen) atoms. The molecule has 98 valence electrons. The first-order valence-electron chi connectivity index (χ1n) is 5.53. The lowest BCUT2D eigenvalue weighted by atomic mass is 10.1. The normalized spacial score (nSPS) is 18.7. The third-order valence-corrected chi connectivity index (χ3v) is 2.74. The number of halogens is 2. The Morgan fingerprint density at radius 2 is 2.11 bits per heavy atom. The molecular formula is C12H13F2NO3. The highest BCUT2D eigenvalue weighted by Gasteiger charge is 2.23. The van der Waals surface area contributed by atoms with Crippen LogP contribution < -0.4 is 10.1 Å². The summed E-state index contributed by atoms with van der Waals surface area (Å²) in [6.07, 6.45) is 0.644. The highest BCUT2D eigenvalue weighted by atomic mass is 19.1. The lowest BCUT2D eigenvalue weighted by molar-refractivity contribution is 0.0921. The van der Waals surface area contributed by atoms with E-state index in [0.717, 1.165) is 12.1 Å². The molecule has 1 heterocycles. The van der Waals surface area contributed by atoms with E-state index in [2.05, 4.69) is 5.32 Å². The molecular weight excluding hydrogens is 244 g/mol. The SMILES string of the molecule is COc1cc(F)c(C(=O)NC2CCOC2)c(F)c1. The van der Waals surface area contributed by atoms with E-state index in [9.17, 15) is 13.6 Å². The fraction of sp³-hybridized carbons (Fsp3) is 0.417. The van der Waals surface area contributed by atoms with Crippen LogP contribution in [0.25, 0.3) is 0 Å². The molecule has 0 saturated carbocycles. The van der Waals surface area contributed by atoms with E-state index >= 15 is 0 Å². The van der Waals surface area contributed by atoms with Crippen LogP contribution in [0.5, 0.6) is 5.75 Å². The fourth-order valence-electron chi connectivity index (χ4n) is 1.79. The molecule has 0 bridgehead atoms. The van der Waals surface area contributed by atoms with Crippen molar-refractivity contribution < 1.29 is 23.0 Å². The second-order valence-electron chi connectivity index (χ2n) is 4.00. The van der Waals surface area contributed by atoms with Crippen molar-refractivity contribution >= 4 is 5.91 Å². The first-order valence-corrected chi connectivity index (χ1v) is 5.53. The van der Waals surface area contributed by atoms with E-state index in [1.54, 1.807) is 0 Å². The third-order valence-electron chi connectivity index (χ3n) is 2.74. The van der Waals surface area contributed by atoms with Gasteiger partial charge in [0.25, 0.3) is 5.91 Å². The van der Waals surface area contributed by atoms with Gasteiger partial charge in [-0.2, -0.15) is 0 Å². The third kappa shape index (κ3) is 2.59. The molecule has 0 radical (unpaired) electrons. The van der Waals surface area contributed by atoms with Crippen LogP contribution in [-0.2, 0) is 4.74 Å². The van der Waals surface area contributed by atoms with E-state index in [1.165, 1.54) is 7.11 Å². The van der Waals surface area contributed by atoms with Crippen molar-refractivity contribution in [3.05, 3.63) is 29.3 Å². The second-order valence-corrected chi connectivity index (χ2v) is 4.00. The smallest absolute Gasteiger partial charge is 0.257 e. The predicted molar refractivity (Wildman–Crippen MR) is 59.6 cm³/mol. The van der Waals surface area contributed by atoms with Gasteiger partial charge in [0.1, 0.15) is 22.9 Å². The second kappa shape index (κ2) is 5.30. The Labute approximate surface area is 103 Å². The lowest BCUT2D eigenvalue weighted by Crippen LogP contribution is -2.36. The van der Waals surface area contributed by atoms with E-state index in [1.807, 2.05) is 0 Å². The maximum absolute atomic E-state index is 13.6. The Morgan fingerprint density at radius 3 is 2.61 bits per heavy atom. The number of rotatable bonds is 3. The van der Waals surface area contributed by atoms with Crippen LogP contribution in [0.1, 0.15) is 16.8 Å². The molecule has 1 aromatic carbocycles. The molecule has 1 aliphatic heterocycles. The molecule has 1 atom stereocenters. The fourth-order valence-corrected chi connectivity index (χ4v) is 1.79. The summed E-state index contributed by atoms with van der Waals surface area (Å²) in [4.78, 5) is 11.8. The zero-order valence-corrected chi connectivity index (χ0v) is 9.83. The summed E-state index contributed by atoms with van der Waals surface area (Å²) in [5, 5.41) is 2.53. The molecule has 0 aliphatic carbocycles. The van der Waals surface area contributed by atoms with Gasteiger partial charge in [-0.15, -0.1) is 0 Å². The van der Waals surface area contributed by atoms with Gasteiger partial charge in [0, 0.05) is 18.7 Å². The lowest BCUT2D eigenvalue weighted by Gasteiger charge is -2.12. The molecule has 1 aliphatic rings. The summed E-state index contributed by atoms with van der Waals surface area (Å²) < 4.78 is 37.0. The van der Waals surface area contributed by atoms with Gasteiger partial charge in [0.2, 0.25) is 0 Å². The standard InChI is InChI=1S/C12H13F2NO3/c1-17-8-4-9(13)11(10(14)5-8)12(16)15-7-2-3-18-6-7/h4-5,7H,2-3,6H2,1H3,(H,15,16). The van der Waals surface area contributed by atoms with E-state index in [-0.39, 0.29) is 11.8 Å².